The topological polar surface area (TPSA) is 55.1 Å². The maximum absolute atomic E-state index is 12.1. The van der Waals surface area contributed by atoms with E-state index in [-0.39, 0.29) is 24.4 Å². The molecule has 0 radical (unpaired) electrons. The van der Waals surface area contributed by atoms with E-state index in [9.17, 15) is 4.79 Å². The van der Waals surface area contributed by atoms with Crippen LogP contribution in [0, 0.1) is 5.92 Å². The highest BCUT2D eigenvalue weighted by Gasteiger charge is 2.25. The Morgan fingerprint density at radius 3 is 2.62 bits per heavy atom. The Labute approximate surface area is 142 Å². The van der Waals surface area contributed by atoms with E-state index >= 15 is 0 Å². The fourth-order valence-corrected chi connectivity index (χ4v) is 3.09. The van der Waals surface area contributed by atoms with Crippen molar-refractivity contribution < 1.29 is 4.79 Å². The number of rotatable bonds is 4. The van der Waals surface area contributed by atoms with Gasteiger partial charge in [-0.15, -0.1) is 12.4 Å². The first kappa shape index (κ1) is 18.6. The van der Waals surface area contributed by atoms with Crippen LogP contribution in [0.15, 0.2) is 18.2 Å². The molecular weight excluding hydrogens is 331 g/mol. The lowest BCUT2D eigenvalue weighted by molar-refractivity contribution is -0.121. The molecule has 3 nitrogen and oxygen atoms in total. The van der Waals surface area contributed by atoms with Gasteiger partial charge >= 0.3 is 0 Å². The van der Waals surface area contributed by atoms with Crippen molar-refractivity contribution in [1.82, 2.24) is 5.32 Å². The molecule has 1 fully saturated rings. The Morgan fingerprint density at radius 1 is 1.24 bits per heavy atom. The lowest BCUT2D eigenvalue weighted by Gasteiger charge is -2.31. The number of amides is 1. The maximum Gasteiger partial charge on any atom is 0.224 e. The van der Waals surface area contributed by atoms with Gasteiger partial charge in [0.25, 0.3) is 0 Å². The molecule has 0 heterocycles. The third-order valence-corrected chi connectivity index (χ3v) is 4.65. The molecule has 118 valence electrons. The predicted octanol–water partition coefficient (Wildman–Crippen LogP) is 3.59. The lowest BCUT2D eigenvalue weighted by atomic mass is 9.84. The molecule has 0 bridgehead atoms. The largest absolute Gasteiger partial charge is 0.353 e. The van der Waals surface area contributed by atoms with Crippen molar-refractivity contribution in [2.75, 3.05) is 6.54 Å². The van der Waals surface area contributed by atoms with Crippen LogP contribution in [0.5, 0.6) is 0 Å². The molecule has 2 atom stereocenters. The van der Waals surface area contributed by atoms with Crippen molar-refractivity contribution in [3.63, 3.8) is 0 Å². The van der Waals surface area contributed by atoms with E-state index in [1.165, 1.54) is 6.42 Å². The summed E-state index contributed by atoms with van der Waals surface area (Å²) in [7, 11) is 0. The van der Waals surface area contributed by atoms with Crippen molar-refractivity contribution in [2.24, 2.45) is 11.7 Å². The molecule has 1 aromatic rings. The molecule has 0 spiro atoms. The van der Waals surface area contributed by atoms with Gasteiger partial charge in [-0.25, -0.2) is 0 Å². The predicted molar refractivity (Wildman–Crippen MR) is 90.4 cm³/mol. The van der Waals surface area contributed by atoms with Crippen LogP contribution >= 0.6 is 35.6 Å². The molecule has 1 aliphatic carbocycles. The highest BCUT2D eigenvalue weighted by atomic mass is 35.5. The Hall–Kier alpha value is -0.480. The molecule has 6 heteroatoms. The van der Waals surface area contributed by atoms with Crippen LogP contribution in [-0.2, 0) is 11.2 Å². The summed E-state index contributed by atoms with van der Waals surface area (Å²) in [5.74, 6) is 0.426. The summed E-state index contributed by atoms with van der Waals surface area (Å²) in [6.45, 7) is 0.637. The van der Waals surface area contributed by atoms with E-state index in [0.29, 0.717) is 28.9 Å². The molecule has 2 unspecified atom stereocenters. The van der Waals surface area contributed by atoms with Crippen LogP contribution in [0.4, 0.5) is 0 Å². The molecule has 1 amide bonds. The highest BCUT2D eigenvalue weighted by molar-refractivity contribution is 6.42. The van der Waals surface area contributed by atoms with E-state index in [4.69, 9.17) is 28.9 Å². The van der Waals surface area contributed by atoms with E-state index in [1.807, 2.05) is 6.07 Å². The zero-order valence-corrected chi connectivity index (χ0v) is 14.1. The molecule has 0 aliphatic heterocycles. The summed E-state index contributed by atoms with van der Waals surface area (Å²) in [5, 5.41) is 4.09. The van der Waals surface area contributed by atoms with Gasteiger partial charge in [0.15, 0.2) is 0 Å². The first-order valence-electron chi connectivity index (χ1n) is 7.03. The van der Waals surface area contributed by atoms with Crippen molar-refractivity contribution in [2.45, 2.75) is 38.1 Å². The number of halogens is 3. The Morgan fingerprint density at radius 2 is 1.95 bits per heavy atom. The van der Waals surface area contributed by atoms with Crippen molar-refractivity contribution in [3.05, 3.63) is 33.8 Å². The number of benzene rings is 1. The first-order chi connectivity index (χ1) is 9.60. The minimum atomic E-state index is 0. The maximum atomic E-state index is 12.1. The van der Waals surface area contributed by atoms with Crippen LogP contribution in [0.25, 0.3) is 0 Å². The van der Waals surface area contributed by atoms with Gasteiger partial charge in [-0.05, 0) is 43.0 Å². The standard InChI is InChI=1S/C15H20Cl2N2O.ClH/c16-12-6-5-10(7-13(12)17)8-15(20)19-14-4-2-1-3-11(14)9-18;/h5-7,11,14H,1-4,8-9,18H2,(H,19,20);1H. The zero-order valence-electron chi connectivity index (χ0n) is 11.8. The van der Waals surface area contributed by atoms with Crippen molar-refractivity contribution in [1.29, 1.82) is 0 Å². The molecule has 1 saturated carbocycles. The number of nitrogens with two attached hydrogens (primary N) is 1. The Balaban J connectivity index is 0.00000220. The Bertz CT molecular complexity index is 482. The third-order valence-electron chi connectivity index (χ3n) is 3.91. The number of hydrogen-bond donors (Lipinski definition) is 2. The second kappa shape index (κ2) is 8.84. The molecule has 21 heavy (non-hydrogen) atoms. The van der Waals surface area contributed by atoms with Crippen LogP contribution in [0.1, 0.15) is 31.2 Å². The molecular formula is C15H21Cl3N2O. The summed E-state index contributed by atoms with van der Waals surface area (Å²) in [5.41, 5.74) is 6.65. The van der Waals surface area contributed by atoms with E-state index in [2.05, 4.69) is 5.32 Å². The van der Waals surface area contributed by atoms with E-state index in [1.54, 1.807) is 12.1 Å². The van der Waals surface area contributed by atoms with Gasteiger partial charge in [0, 0.05) is 6.04 Å². The van der Waals surface area contributed by atoms with Gasteiger partial charge in [-0.3, -0.25) is 4.79 Å². The van der Waals surface area contributed by atoms with E-state index in [0.717, 1.165) is 24.8 Å². The lowest BCUT2D eigenvalue weighted by Crippen LogP contribution is -2.45. The monoisotopic (exact) mass is 350 g/mol. The smallest absolute Gasteiger partial charge is 0.224 e. The zero-order chi connectivity index (χ0) is 14.5. The summed E-state index contributed by atoms with van der Waals surface area (Å²) in [4.78, 5) is 12.1. The molecule has 1 aliphatic rings. The molecule has 3 N–H and O–H groups in total. The highest BCUT2D eigenvalue weighted by Crippen LogP contribution is 2.24. The molecule has 2 rings (SSSR count). The first-order valence-corrected chi connectivity index (χ1v) is 7.79. The third kappa shape index (κ3) is 5.33. The molecule has 0 aromatic heterocycles. The average molecular weight is 352 g/mol. The van der Waals surface area contributed by atoms with Gasteiger partial charge in [-0.1, -0.05) is 42.1 Å². The van der Waals surface area contributed by atoms with Gasteiger partial charge in [0.2, 0.25) is 5.91 Å². The van der Waals surface area contributed by atoms with Crippen LogP contribution < -0.4 is 11.1 Å². The quantitative estimate of drug-likeness (QED) is 0.871. The van der Waals surface area contributed by atoms with Crippen molar-refractivity contribution in [3.8, 4) is 0 Å². The summed E-state index contributed by atoms with van der Waals surface area (Å²) >= 11 is 11.8. The molecule has 1 aromatic carbocycles. The average Bonchev–Trinajstić information content (AvgIpc) is 2.43. The van der Waals surface area contributed by atoms with Gasteiger partial charge in [0.1, 0.15) is 0 Å². The second-order valence-electron chi connectivity index (χ2n) is 5.38. The van der Waals surface area contributed by atoms with E-state index < -0.39 is 0 Å². The van der Waals surface area contributed by atoms with Crippen LogP contribution in [-0.4, -0.2) is 18.5 Å². The number of nitrogens with one attached hydrogen (secondary N) is 1. The van der Waals surface area contributed by atoms with Gasteiger partial charge < -0.3 is 11.1 Å². The van der Waals surface area contributed by atoms with Crippen LogP contribution in [0.2, 0.25) is 10.0 Å². The number of carbonyl (C=O) groups is 1. The summed E-state index contributed by atoms with van der Waals surface area (Å²) in [6, 6.07) is 5.50. The SMILES string of the molecule is Cl.NCC1CCCCC1NC(=O)Cc1ccc(Cl)c(Cl)c1. The minimum Gasteiger partial charge on any atom is -0.353 e. The number of hydrogen-bond acceptors (Lipinski definition) is 2. The van der Waals surface area contributed by atoms with Crippen LogP contribution in [0.3, 0.4) is 0 Å². The molecule has 0 saturated heterocycles. The normalized spacial score (nSPS) is 21.5. The van der Waals surface area contributed by atoms with Gasteiger partial charge in [0.05, 0.1) is 16.5 Å². The fraction of sp³-hybridized carbons (Fsp3) is 0.533. The number of carbonyl (C=O) groups excluding carboxylic acids is 1. The Kier molecular flexibility index (Phi) is 7.82. The minimum absolute atomic E-state index is 0. The van der Waals surface area contributed by atoms with Gasteiger partial charge in [-0.2, -0.15) is 0 Å². The summed E-state index contributed by atoms with van der Waals surface area (Å²) in [6.07, 6.45) is 4.82. The van der Waals surface area contributed by atoms with Crippen molar-refractivity contribution >= 4 is 41.5 Å². The fourth-order valence-electron chi connectivity index (χ4n) is 2.77. The summed E-state index contributed by atoms with van der Waals surface area (Å²) < 4.78 is 0. The second-order valence-corrected chi connectivity index (χ2v) is 6.19.